The zero-order chi connectivity index (χ0) is 20.6. The second kappa shape index (κ2) is 7.89. The molecular formula is C20H26N4O4S. The molecule has 0 unspecified atom stereocenters. The second-order valence-corrected chi connectivity index (χ2v) is 9.45. The quantitative estimate of drug-likeness (QED) is 0.733. The molecule has 9 heteroatoms. The van der Waals surface area contributed by atoms with E-state index in [1.165, 1.54) is 9.87 Å². The van der Waals surface area contributed by atoms with E-state index in [1.807, 2.05) is 23.1 Å². The number of anilines is 1. The average Bonchev–Trinajstić information content (AvgIpc) is 3.29. The van der Waals surface area contributed by atoms with Crippen LogP contribution < -0.4 is 4.90 Å². The lowest BCUT2D eigenvalue weighted by Gasteiger charge is -2.34. The molecule has 2 aliphatic heterocycles. The van der Waals surface area contributed by atoms with Gasteiger partial charge in [0.15, 0.2) is 5.76 Å². The Morgan fingerprint density at radius 2 is 1.83 bits per heavy atom. The van der Waals surface area contributed by atoms with Gasteiger partial charge in [-0.25, -0.2) is 8.42 Å². The van der Waals surface area contributed by atoms with Crippen molar-refractivity contribution in [3.8, 4) is 0 Å². The lowest BCUT2D eigenvalue weighted by Crippen LogP contribution is -2.49. The number of rotatable bonds is 5. The van der Waals surface area contributed by atoms with Crippen LogP contribution in [0.3, 0.4) is 0 Å². The van der Waals surface area contributed by atoms with Gasteiger partial charge in [0.2, 0.25) is 15.9 Å². The number of carbonyl (C=O) groups is 1. The van der Waals surface area contributed by atoms with Gasteiger partial charge in [-0.15, -0.1) is 0 Å². The number of aromatic nitrogens is 1. The molecule has 2 aliphatic rings. The Hall–Kier alpha value is -2.23. The van der Waals surface area contributed by atoms with E-state index in [0.29, 0.717) is 50.6 Å². The smallest absolute Gasteiger partial charge is 0.248 e. The first-order valence-corrected chi connectivity index (χ1v) is 11.4. The third kappa shape index (κ3) is 3.82. The Morgan fingerprint density at radius 3 is 2.52 bits per heavy atom. The maximum atomic E-state index is 12.9. The van der Waals surface area contributed by atoms with Gasteiger partial charge >= 0.3 is 0 Å². The summed E-state index contributed by atoms with van der Waals surface area (Å²) in [6.45, 7) is 6.63. The number of amides is 1. The van der Waals surface area contributed by atoms with Crippen LogP contribution in [0.25, 0.3) is 0 Å². The van der Waals surface area contributed by atoms with Gasteiger partial charge < -0.3 is 14.3 Å². The summed E-state index contributed by atoms with van der Waals surface area (Å²) in [6.07, 6.45) is 1.34. The van der Waals surface area contributed by atoms with Gasteiger partial charge in [0.25, 0.3) is 0 Å². The van der Waals surface area contributed by atoms with Crippen LogP contribution in [0.2, 0.25) is 0 Å². The first-order valence-electron chi connectivity index (χ1n) is 9.91. The monoisotopic (exact) mass is 418 g/mol. The highest BCUT2D eigenvalue weighted by Gasteiger charge is 2.33. The zero-order valence-corrected chi connectivity index (χ0v) is 17.6. The topological polar surface area (TPSA) is 87.0 Å². The van der Waals surface area contributed by atoms with Crippen molar-refractivity contribution in [1.29, 1.82) is 0 Å². The summed E-state index contributed by atoms with van der Waals surface area (Å²) < 4.78 is 32.3. The Kier molecular flexibility index (Phi) is 5.46. The molecule has 2 aromatic rings. The maximum Gasteiger partial charge on any atom is 0.248 e. The van der Waals surface area contributed by atoms with Crippen molar-refractivity contribution in [1.82, 2.24) is 14.4 Å². The molecule has 0 N–H and O–H groups in total. The molecule has 1 amide bonds. The number of sulfonamides is 1. The van der Waals surface area contributed by atoms with Crippen molar-refractivity contribution in [3.63, 3.8) is 0 Å². The highest BCUT2D eigenvalue weighted by atomic mass is 32.2. The lowest BCUT2D eigenvalue weighted by atomic mass is 10.2. The predicted octanol–water partition coefficient (Wildman–Crippen LogP) is 1.58. The number of aryl methyl sites for hydroxylation is 2. The molecule has 4 rings (SSSR count). The summed E-state index contributed by atoms with van der Waals surface area (Å²) in [4.78, 5) is 16.9. The Bertz CT molecular complexity index is 990. The minimum absolute atomic E-state index is 0.126. The highest BCUT2D eigenvalue weighted by molar-refractivity contribution is 7.89. The first kappa shape index (κ1) is 20.1. The first-order chi connectivity index (χ1) is 13.9. The van der Waals surface area contributed by atoms with Crippen LogP contribution in [0, 0.1) is 13.8 Å². The largest absolute Gasteiger partial charge is 0.360 e. The number of nitrogens with zero attached hydrogens (tertiary/aromatic N) is 4. The summed E-state index contributed by atoms with van der Waals surface area (Å²) in [5.41, 5.74) is 2.63. The molecule has 0 radical (unpaired) electrons. The number of para-hydroxylation sites is 1. The van der Waals surface area contributed by atoms with Gasteiger partial charge in [-0.05, 0) is 31.9 Å². The molecule has 1 fully saturated rings. The molecule has 3 heterocycles. The number of hydrogen-bond donors (Lipinski definition) is 0. The Morgan fingerprint density at radius 1 is 1.10 bits per heavy atom. The third-order valence-corrected chi connectivity index (χ3v) is 7.87. The standard InChI is InChI=1S/C20H26N4O4S/c1-15-20(16(2)28-21-15)29(26,27)23-13-11-22(12-14-23)9-8-19(25)24-10-7-17-5-3-4-6-18(17)24/h3-6H,7-14H2,1-2H3. The zero-order valence-electron chi connectivity index (χ0n) is 16.8. The van der Waals surface area contributed by atoms with E-state index in [-0.39, 0.29) is 10.8 Å². The summed E-state index contributed by atoms with van der Waals surface area (Å²) in [7, 11) is -3.61. The van der Waals surface area contributed by atoms with Crippen LogP contribution in [0.1, 0.15) is 23.4 Å². The number of carbonyl (C=O) groups excluding carboxylic acids is 1. The van der Waals surface area contributed by atoms with Crippen molar-refractivity contribution in [2.45, 2.75) is 31.6 Å². The molecule has 29 heavy (non-hydrogen) atoms. The summed E-state index contributed by atoms with van der Waals surface area (Å²) in [5.74, 6) is 0.446. The van der Waals surface area contributed by atoms with Crippen molar-refractivity contribution < 1.29 is 17.7 Å². The van der Waals surface area contributed by atoms with Crippen LogP contribution in [0.15, 0.2) is 33.7 Å². The molecular weight excluding hydrogens is 392 g/mol. The van der Waals surface area contributed by atoms with Crippen molar-refractivity contribution in [2.24, 2.45) is 0 Å². The fourth-order valence-corrected chi connectivity index (χ4v) is 5.86. The van der Waals surface area contributed by atoms with E-state index in [9.17, 15) is 13.2 Å². The second-order valence-electron chi connectivity index (χ2n) is 7.57. The van der Waals surface area contributed by atoms with Gasteiger partial charge in [-0.3, -0.25) is 4.79 Å². The van der Waals surface area contributed by atoms with Gasteiger partial charge in [-0.2, -0.15) is 4.31 Å². The summed E-state index contributed by atoms with van der Waals surface area (Å²) in [6, 6.07) is 8.03. The summed E-state index contributed by atoms with van der Waals surface area (Å²) >= 11 is 0. The summed E-state index contributed by atoms with van der Waals surface area (Å²) in [5, 5.41) is 3.76. The van der Waals surface area contributed by atoms with E-state index in [0.717, 1.165) is 18.7 Å². The molecule has 1 aromatic carbocycles. The molecule has 156 valence electrons. The van der Waals surface area contributed by atoms with Crippen LogP contribution in [0.5, 0.6) is 0 Å². The normalized spacial score (nSPS) is 18.2. The van der Waals surface area contributed by atoms with Gasteiger partial charge in [0.05, 0.1) is 0 Å². The number of fused-ring (bicyclic) bond motifs is 1. The number of hydrogen-bond acceptors (Lipinski definition) is 6. The maximum absolute atomic E-state index is 12.9. The van der Waals surface area contributed by atoms with E-state index in [4.69, 9.17) is 4.52 Å². The average molecular weight is 419 g/mol. The van der Waals surface area contributed by atoms with E-state index in [1.54, 1.807) is 13.8 Å². The molecule has 0 aliphatic carbocycles. The molecule has 0 spiro atoms. The van der Waals surface area contributed by atoms with Crippen molar-refractivity contribution in [2.75, 3.05) is 44.2 Å². The van der Waals surface area contributed by atoms with Gasteiger partial charge in [0, 0.05) is 51.4 Å². The molecule has 0 atom stereocenters. The van der Waals surface area contributed by atoms with E-state index < -0.39 is 10.0 Å². The van der Waals surface area contributed by atoms with Crippen LogP contribution >= 0.6 is 0 Å². The van der Waals surface area contributed by atoms with Crippen molar-refractivity contribution in [3.05, 3.63) is 41.3 Å². The molecule has 0 bridgehead atoms. The van der Waals surface area contributed by atoms with E-state index in [2.05, 4.69) is 16.1 Å². The molecule has 8 nitrogen and oxygen atoms in total. The number of benzene rings is 1. The molecule has 0 saturated carbocycles. The third-order valence-electron chi connectivity index (χ3n) is 5.73. The minimum atomic E-state index is -3.61. The fraction of sp³-hybridized carbons (Fsp3) is 0.500. The van der Waals surface area contributed by atoms with Gasteiger partial charge in [-0.1, -0.05) is 23.4 Å². The molecule has 1 aromatic heterocycles. The van der Waals surface area contributed by atoms with Crippen molar-refractivity contribution >= 4 is 21.6 Å². The Balaban J connectivity index is 1.31. The van der Waals surface area contributed by atoms with Crippen LogP contribution in [-0.4, -0.2) is 68.0 Å². The van der Waals surface area contributed by atoms with Crippen LogP contribution in [0.4, 0.5) is 5.69 Å². The minimum Gasteiger partial charge on any atom is -0.360 e. The van der Waals surface area contributed by atoms with Gasteiger partial charge in [0.1, 0.15) is 10.6 Å². The molecule has 1 saturated heterocycles. The lowest BCUT2D eigenvalue weighted by molar-refractivity contribution is -0.118. The SMILES string of the molecule is Cc1noc(C)c1S(=O)(=O)N1CCN(CCC(=O)N2CCc3ccccc32)CC1. The van der Waals surface area contributed by atoms with Crippen LogP contribution in [-0.2, 0) is 21.2 Å². The predicted molar refractivity (Wildman–Crippen MR) is 108 cm³/mol. The highest BCUT2D eigenvalue weighted by Crippen LogP contribution is 2.28. The number of piperazine rings is 1. The fourth-order valence-electron chi connectivity index (χ4n) is 4.15. The van der Waals surface area contributed by atoms with E-state index >= 15 is 0 Å². The Labute approximate surface area is 171 Å².